The number of fused-ring (bicyclic) bond motifs is 1. The minimum Gasteiger partial charge on any atom is -0.408 e. The second kappa shape index (κ2) is 4.44. The number of aromatic nitrogens is 1. The number of Topliss-reactive ketones (excluding diaryl/α,β-unsaturated/α-hetero) is 1. The topological polar surface area (TPSA) is 95.3 Å². The van der Waals surface area contributed by atoms with Gasteiger partial charge in [0.05, 0.1) is 17.0 Å². The van der Waals surface area contributed by atoms with Gasteiger partial charge in [0.25, 0.3) is 5.69 Å². The van der Waals surface area contributed by atoms with E-state index in [0.717, 1.165) is 4.57 Å². The molecular weight excluding hydrogens is 240 g/mol. The lowest BCUT2D eigenvalue weighted by Gasteiger charge is -1.99. The van der Waals surface area contributed by atoms with Crippen LogP contribution in [-0.4, -0.2) is 15.3 Å². The standard InChI is InChI=1S/C11H10N2O5/c1-2-8(14)6-12-9-5-7(13(16)17)3-4-10(9)18-11(12)15/h3-5H,2,6H2,1H3. The van der Waals surface area contributed by atoms with Gasteiger partial charge >= 0.3 is 5.76 Å². The van der Waals surface area contributed by atoms with E-state index in [1.807, 2.05) is 0 Å². The van der Waals surface area contributed by atoms with E-state index < -0.39 is 10.7 Å². The molecule has 0 amide bonds. The van der Waals surface area contributed by atoms with Gasteiger partial charge in [-0.05, 0) is 6.07 Å². The molecule has 0 unspecified atom stereocenters. The van der Waals surface area contributed by atoms with Crippen LogP contribution >= 0.6 is 0 Å². The quantitative estimate of drug-likeness (QED) is 0.605. The van der Waals surface area contributed by atoms with Crippen molar-refractivity contribution in [2.24, 2.45) is 0 Å². The van der Waals surface area contributed by atoms with Crippen LogP contribution < -0.4 is 5.76 Å². The Morgan fingerprint density at radius 3 is 2.83 bits per heavy atom. The number of nitrogens with zero attached hydrogens (tertiary/aromatic N) is 2. The van der Waals surface area contributed by atoms with Gasteiger partial charge in [0, 0.05) is 18.6 Å². The van der Waals surface area contributed by atoms with Crippen LogP contribution in [0.25, 0.3) is 11.1 Å². The van der Waals surface area contributed by atoms with Crippen molar-refractivity contribution in [1.29, 1.82) is 0 Å². The maximum absolute atomic E-state index is 11.5. The highest BCUT2D eigenvalue weighted by Gasteiger charge is 2.15. The van der Waals surface area contributed by atoms with Gasteiger partial charge in [-0.2, -0.15) is 0 Å². The fourth-order valence-corrected chi connectivity index (χ4v) is 1.60. The lowest BCUT2D eigenvalue weighted by atomic mass is 10.2. The largest absolute Gasteiger partial charge is 0.420 e. The number of carbonyl (C=O) groups excluding carboxylic acids is 1. The predicted molar refractivity (Wildman–Crippen MR) is 62.4 cm³/mol. The Bertz CT molecular complexity index is 682. The summed E-state index contributed by atoms with van der Waals surface area (Å²) in [6.07, 6.45) is 0.286. The normalized spacial score (nSPS) is 10.7. The third-order valence-corrected chi connectivity index (χ3v) is 2.59. The Morgan fingerprint density at radius 2 is 2.22 bits per heavy atom. The van der Waals surface area contributed by atoms with Gasteiger partial charge in [0.2, 0.25) is 0 Å². The average molecular weight is 250 g/mol. The molecule has 0 bridgehead atoms. The highest BCUT2D eigenvalue weighted by atomic mass is 16.6. The van der Waals surface area contributed by atoms with Crippen molar-refractivity contribution in [3.8, 4) is 0 Å². The summed E-state index contributed by atoms with van der Waals surface area (Å²) in [5.41, 5.74) is 0.339. The summed E-state index contributed by atoms with van der Waals surface area (Å²) in [5, 5.41) is 10.7. The van der Waals surface area contributed by atoms with E-state index in [2.05, 4.69) is 0 Å². The van der Waals surface area contributed by atoms with Crippen LogP contribution in [0.15, 0.2) is 27.4 Å². The Kier molecular flexibility index (Phi) is 2.97. The molecule has 0 aliphatic rings. The molecule has 0 N–H and O–H groups in total. The number of carbonyl (C=O) groups is 1. The predicted octanol–water partition coefficient (Wildman–Crippen LogP) is 1.48. The number of hydrogen-bond donors (Lipinski definition) is 0. The summed E-state index contributed by atoms with van der Waals surface area (Å²) in [5.74, 6) is -0.835. The molecule has 0 fully saturated rings. The van der Waals surface area contributed by atoms with Gasteiger partial charge in [-0.15, -0.1) is 0 Å². The van der Waals surface area contributed by atoms with Gasteiger partial charge in [-0.1, -0.05) is 6.92 Å². The van der Waals surface area contributed by atoms with E-state index in [9.17, 15) is 19.7 Å². The summed E-state index contributed by atoms with van der Waals surface area (Å²) in [4.78, 5) is 33.0. The number of oxazole rings is 1. The van der Waals surface area contributed by atoms with Crippen LogP contribution in [0.1, 0.15) is 13.3 Å². The summed E-state index contributed by atoms with van der Waals surface area (Å²) in [6, 6.07) is 3.82. The van der Waals surface area contributed by atoms with Crippen molar-refractivity contribution in [1.82, 2.24) is 4.57 Å². The number of benzene rings is 1. The van der Waals surface area contributed by atoms with E-state index in [-0.39, 0.29) is 35.5 Å². The Hall–Kier alpha value is -2.44. The summed E-state index contributed by atoms with van der Waals surface area (Å²) in [7, 11) is 0. The van der Waals surface area contributed by atoms with Gasteiger partial charge in [0.15, 0.2) is 11.4 Å². The molecule has 0 aliphatic carbocycles. The van der Waals surface area contributed by atoms with Crippen molar-refractivity contribution in [3.63, 3.8) is 0 Å². The number of nitro benzene ring substituents is 1. The molecule has 0 aliphatic heterocycles. The first kappa shape index (κ1) is 12.0. The van der Waals surface area contributed by atoms with Crippen LogP contribution in [0.4, 0.5) is 5.69 Å². The summed E-state index contributed by atoms with van der Waals surface area (Å²) in [6.45, 7) is 1.54. The second-order valence-electron chi connectivity index (χ2n) is 3.76. The van der Waals surface area contributed by atoms with Crippen molar-refractivity contribution < 1.29 is 14.1 Å². The van der Waals surface area contributed by atoms with Crippen LogP contribution in [0.5, 0.6) is 0 Å². The number of ketones is 1. The smallest absolute Gasteiger partial charge is 0.408 e. The minimum atomic E-state index is -0.688. The first-order valence-corrected chi connectivity index (χ1v) is 5.32. The van der Waals surface area contributed by atoms with Crippen molar-refractivity contribution in [3.05, 3.63) is 38.9 Å². The second-order valence-corrected chi connectivity index (χ2v) is 3.76. The molecular formula is C11H10N2O5. The third-order valence-electron chi connectivity index (χ3n) is 2.59. The van der Waals surface area contributed by atoms with E-state index >= 15 is 0 Å². The molecule has 0 saturated heterocycles. The molecule has 2 aromatic rings. The molecule has 2 rings (SSSR count). The Balaban J connectivity index is 2.60. The molecule has 18 heavy (non-hydrogen) atoms. The van der Waals surface area contributed by atoms with E-state index in [1.165, 1.54) is 18.2 Å². The van der Waals surface area contributed by atoms with Crippen molar-refractivity contribution in [2.45, 2.75) is 19.9 Å². The lowest BCUT2D eigenvalue weighted by molar-refractivity contribution is -0.384. The Labute approximate surface area is 101 Å². The summed E-state index contributed by atoms with van der Waals surface area (Å²) >= 11 is 0. The molecule has 1 aromatic carbocycles. The first-order valence-electron chi connectivity index (χ1n) is 5.32. The first-order chi connectivity index (χ1) is 8.52. The lowest BCUT2D eigenvalue weighted by Crippen LogP contribution is -2.19. The zero-order valence-electron chi connectivity index (χ0n) is 9.58. The molecule has 0 saturated carbocycles. The molecule has 7 heteroatoms. The molecule has 0 radical (unpaired) electrons. The van der Waals surface area contributed by atoms with Gasteiger partial charge in [0.1, 0.15) is 0 Å². The fraction of sp³-hybridized carbons (Fsp3) is 0.273. The zero-order valence-corrected chi connectivity index (χ0v) is 9.58. The molecule has 1 aromatic heterocycles. The van der Waals surface area contributed by atoms with Crippen LogP contribution in [-0.2, 0) is 11.3 Å². The van der Waals surface area contributed by atoms with Gasteiger partial charge in [-0.3, -0.25) is 19.5 Å². The Morgan fingerprint density at radius 1 is 1.50 bits per heavy atom. The van der Waals surface area contributed by atoms with Gasteiger partial charge in [-0.25, -0.2) is 4.79 Å². The highest BCUT2D eigenvalue weighted by Crippen LogP contribution is 2.20. The third kappa shape index (κ3) is 2.02. The van der Waals surface area contributed by atoms with E-state index in [1.54, 1.807) is 6.92 Å². The van der Waals surface area contributed by atoms with Crippen LogP contribution in [0, 0.1) is 10.1 Å². The average Bonchev–Trinajstić information content (AvgIpc) is 2.65. The van der Waals surface area contributed by atoms with Crippen molar-refractivity contribution in [2.75, 3.05) is 0 Å². The SMILES string of the molecule is CCC(=O)Cn1c(=O)oc2ccc([N+](=O)[O-])cc21. The molecule has 7 nitrogen and oxygen atoms in total. The minimum absolute atomic E-state index is 0.135. The van der Waals surface area contributed by atoms with E-state index in [0.29, 0.717) is 0 Å². The van der Waals surface area contributed by atoms with E-state index in [4.69, 9.17) is 4.42 Å². The fourth-order valence-electron chi connectivity index (χ4n) is 1.60. The van der Waals surface area contributed by atoms with Crippen molar-refractivity contribution >= 4 is 22.6 Å². The maximum Gasteiger partial charge on any atom is 0.420 e. The van der Waals surface area contributed by atoms with Gasteiger partial charge < -0.3 is 4.42 Å². The molecule has 1 heterocycles. The van der Waals surface area contributed by atoms with Crippen LogP contribution in [0.2, 0.25) is 0 Å². The summed E-state index contributed by atoms with van der Waals surface area (Å²) < 4.78 is 6.02. The number of non-ortho nitro benzene ring substituents is 1. The van der Waals surface area contributed by atoms with Crippen LogP contribution in [0.3, 0.4) is 0 Å². The number of nitro groups is 1. The zero-order chi connectivity index (χ0) is 13.3. The number of rotatable bonds is 4. The monoisotopic (exact) mass is 250 g/mol. The molecule has 94 valence electrons. The molecule has 0 atom stereocenters. The highest BCUT2D eigenvalue weighted by molar-refractivity contribution is 5.81. The number of hydrogen-bond acceptors (Lipinski definition) is 5. The molecule has 0 spiro atoms. The maximum atomic E-state index is 11.5.